The van der Waals surface area contributed by atoms with E-state index >= 15 is 0 Å². The maximum atomic E-state index is 11.9. The van der Waals surface area contributed by atoms with Gasteiger partial charge >= 0.3 is 0 Å². The molecular weight excluding hydrogens is 280 g/mol. The third kappa shape index (κ3) is 3.36. The van der Waals surface area contributed by atoms with E-state index < -0.39 is 6.10 Å². The molecule has 5 heteroatoms. The number of fused-ring (bicyclic) bond motifs is 1. The zero-order valence-electron chi connectivity index (χ0n) is 12.3. The molecule has 1 saturated carbocycles. The molecule has 2 aromatic carbocycles. The number of carbonyl (C=O) groups excluding carboxylic acids is 2. The fraction of sp³-hybridized carbons (Fsp3) is 0.294. The van der Waals surface area contributed by atoms with Crippen LogP contribution in [0.15, 0.2) is 42.5 Å². The predicted octanol–water partition coefficient (Wildman–Crippen LogP) is 2.16. The summed E-state index contributed by atoms with van der Waals surface area (Å²) in [6, 6.07) is 13.6. The Bertz CT molecular complexity index is 710. The van der Waals surface area contributed by atoms with Crippen LogP contribution in [0.4, 0.5) is 0 Å². The van der Waals surface area contributed by atoms with Crippen molar-refractivity contribution in [1.82, 2.24) is 10.9 Å². The Balaban J connectivity index is 1.58. The van der Waals surface area contributed by atoms with Gasteiger partial charge in [-0.3, -0.25) is 20.4 Å². The molecule has 0 aliphatic heterocycles. The van der Waals surface area contributed by atoms with E-state index in [0.29, 0.717) is 5.75 Å². The van der Waals surface area contributed by atoms with Crippen LogP contribution >= 0.6 is 0 Å². The summed E-state index contributed by atoms with van der Waals surface area (Å²) >= 11 is 0. The molecule has 3 rings (SSSR count). The molecule has 1 atom stereocenters. The molecule has 0 spiro atoms. The molecule has 1 aliphatic rings. The number of rotatable bonds is 4. The molecule has 5 nitrogen and oxygen atoms in total. The van der Waals surface area contributed by atoms with Crippen molar-refractivity contribution < 1.29 is 14.3 Å². The lowest BCUT2D eigenvalue weighted by Gasteiger charge is -2.15. The highest BCUT2D eigenvalue weighted by Gasteiger charge is 2.30. The van der Waals surface area contributed by atoms with Gasteiger partial charge in [0.1, 0.15) is 5.75 Å². The highest BCUT2D eigenvalue weighted by atomic mass is 16.5. The van der Waals surface area contributed by atoms with Crippen molar-refractivity contribution in [3.05, 3.63) is 42.5 Å². The summed E-state index contributed by atoms with van der Waals surface area (Å²) in [5, 5.41) is 2.17. The van der Waals surface area contributed by atoms with E-state index in [2.05, 4.69) is 10.9 Å². The van der Waals surface area contributed by atoms with Gasteiger partial charge in [0.15, 0.2) is 6.10 Å². The zero-order chi connectivity index (χ0) is 15.5. The van der Waals surface area contributed by atoms with Gasteiger partial charge in [-0.1, -0.05) is 30.3 Å². The first-order valence-electron chi connectivity index (χ1n) is 7.38. The summed E-state index contributed by atoms with van der Waals surface area (Å²) in [4.78, 5) is 23.4. The number of amides is 2. The summed E-state index contributed by atoms with van der Waals surface area (Å²) < 4.78 is 5.63. The Morgan fingerprint density at radius 2 is 1.82 bits per heavy atom. The number of hydrazine groups is 1. The number of benzene rings is 2. The topological polar surface area (TPSA) is 67.4 Å². The van der Waals surface area contributed by atoms with Gasteiger partial charge in [-0.05, 0) is 42.7 Å². The fourth-order valence-electron chi connectivity index (χ4n) is 2.17. The van der Waals surface area contributed by atoms with E-state index in [4.69, 9.17) is 4.74 Å². The summed E-state index contributed by atoms with van der Waals surface area (Å²) in [6.45, 7) is 1.65. The largest absolute Gasteiger partial charge is 0.481 e. The highest BCUT2D eigenvalue weighted by Crippen LogP contribution is 2.28. The van der Waals surface area contributed by atoms with Crippen molar-refractivity contribution in [2.24, 2.45) is 5.92 Å². The average molecular weight is 298 g/mol. The molecule has 0 aromatic heterocycles. The number of ether oxygens (including phenoxy) is 1. The molecule has 0 radical (unpaired) electrons. The minimum atomic E-state index is -0.694. The van der Waals surface area contributed by atoms with Crippen LogP contribution in [0, 0.1) is 5.92 Å². The summed E-state index contributed by atoms with van der Waals surface area (Å²) in [5.74, 6) is 0.167. The minimum Gasteiger partial charge on any atom is -0.481 e. The van der Waals surface area contributed by atoms with Gasteiger partial charge in [-0.2, -0.15) is 0 Å². The van der Waals surface area contributed by atoms with E-state index in [1.54, 1.807) is 6.92 Å². The van der Waals surface area contributed by atoms with Gasteiger partial charge in [0, 0.05) is 5.92 Å². The average Bonchev–Trinajstić information content (AvgIpc) is 3.37. The zero-order valence-corrected chi connectivity index (χ0v) is 12.3. The van der Waals surface area contributed by atoms with E-state index in [-0.39, 0.29) is 17.7 Å². The second-order valence-corrected chi connectivity index (χ2v) is 5.52. The SMILES string of the molecule is CC(Oc1ccc2ccccc2c1)C(=O)NNC(=O)C1CC1. The van der Waals surface area contributed by atoms with Crippen molar-refractivity contribution in [2.75, 3.05) is 0 Å². The Morgan fingerprint density at radius 1 is 1.09 bits per heavy atom. The number of nitrogens with one attached hydrogen (secondary N) is 2. The van der Waals surface area contributed by atoms with E-state index in [1.165, 1.54) is 0 Å². The molecular formula is C17H18N2O3. The molecule has 114 valence electrons. The van der Waals surface area contributed by atoms with Crippen LogP contribution < -0.4 is 15.6 Å². The maximum Gasteiger partial charge on any atom is 0.279 e. The van der Waals surface area contributed by atoms with Gasteiger partial charge < -0.3 is 4.74 Å². The van der Waals surface area contributed by atoms with Gasteiger partial charge in [0.05, 0.1) is 0 Å². The molecule has 2 N–H and O–H groups in total. The first kappa shape index (κ1) is 14.4. The molecule has 1 unspecified atom stereocenters. The lowest BCUT2D eigenvalue weighted by molar-refractivity contribution is -0.133. The van der Waals surface area contributed by atoms with Crippen molar-refractivity contribution in [3.8, 4) is 5.75 Å². The van der Waals surface area contributed by atoms with Crippen LogP contribution in [0.5, 0.6) is 5.75 Å². The molecule has 0 bridgehead atoms. The maximum absolute atomic E-state index is 11.9. The number of hydrogen-bond donors (Lipinski definition) is 2. The summed E-state index contributed by atoms with van der Waals surface area (Å²) in [7, 11) is 0. The first-order valence-corrected chi connectivity index (χ1v) is 7.38. The second kappa shape index (κ2) is 6.05. The molecule has 1 fully saturated rings. The molecule has 22 heavy (non-hydrogen) atoms. The van der Waals surface area contributed by atoms with Crippen molar-refractivity contribution in [2.45, 2.75) is 25.9 Å². The predicted molar refractivity (Wildman–Crippen MR) is 83.0 cm³/mol. The highest BCUT2D eigenvalue weighted by molar-refractivity contribution is 5.87. The van der Waals surface area contributed by atoms with Crippen LogP contribution in [-0.2, 0) is 9.59 Å². The van der Waals surface area contributed by atoms with Crippen LogP contribution in [0.1, 0.15) is 19.8 Å². The molecule has 1 aliphatic carbocycles. The molecule has 2 amide bonds. The third-order valence-corrected chi connectivity index (χ3v) is 3.66. The smallest absolute Gasteiger partial charge is 0.279 e. The van der Waals surface area contributed by atoms with Crippen LogP contribution in [-0.4, -0.2) is 17.9 Å². The number of carbonyl (C=O) groups is 2. The van der Waals surface area contributed by atoms with Crippen LogP contribution in [0.2, 0.25) is 0 Å². The fourth-order valence-corrected chi connectivity index (χ4v) is 2.17. The normalized spacial score (nSPS) is 15.1. The van der Waals surface area contributed by atoms with E-state index in [1.807, 2.05) is 42.5 Å². The van der Waals surface area contributed by atoms with Crippen molar-refractivity contribution in [3.63, 3.8) is 0 Å². The monoisotopic (exact) mass is 298 g/mol. The van der Waals surface area contributed by atoms with Gasteiger partial charge in [0.25, 0.3) is 5.91 Å². The Kier molecular flexibility index (Phi) is 3.96. The van der Waals surface area contributed by atoms with Crippen LogP contribution in [0.3, 0.4) is 0 Å². The third-order valence-electron chi connectivity index (χ3n) is 3.66. The molecule has 0 saturated heterocycles. The van der Waals surface area contributed by atoms with Gasteiger partial charge in [-0.25, -0.2) is 0 Å². The summed E-state index contributed by atoms with van der Waals surface area (Å²) in [5.41, 5.74) is 4.82. The quantitative estimate of drug-likeness (QED) is 0.850. The Hall–Kier alpha value is -2.56. The van der Waals surface area contributed by atoms with Crippen molar-refractivity contribution in [1.29, 1.82) is 0 Å². The first-order chi connectivity index (χ1) is 10.6. The molecule has 0 heterocycles. The standard InChI is InChI=1S/C17H18N2O3/c1-11(16(20)18-19-17(21)13-6-7-13)22-15-9-8-12-4-2-3-5-14(12)10-15/h2-5,8-11,13H,6-7H2,1H3,(H,18,20)(H,19,21). The second-order valence-electron chi connectivity index (χ2n) is 5.52. The molecule has 2 aromatic rings. The van der Waals surface area contributed by atoms with Gasteiger partial charge in [-0.15, -0.1) is 0 Å². The van der Waals surface area contributed by atoms with E-state index in [0.717, 1.165) is 23.6 Å². The van der Waals surface area contributed by atoms with Gasteiger partial charge in [0.2, 0.25) is 5.91 Å². The van der Waals surface area contributed by atoms with E-state index in [9.17, 15) is 9.59 Å². The Labute approximate surface area is 128 Å². The lowest BCUT2D eigenvalue weighted by Crippen LogP contribution is -2.47. The Morgan fingerprint density at radius 3 is 2.55 bits per heavy atom. The van der Waals surface area contributed by atoms with Crippen molar-refractivity contribution >= 4 is 22.6 Å². The summed E-state index contributed by atoms with van der Waals surface area (Å²) in [6.07, 6.45) is 1.09. The number of hydrogen-bond acceptors (Lipinski definition) is 3. The van der Waals surface area contributed by atoms with Crippen LogP contribution in [0.25, 0.3) is 10.8 Å². The minimum absolute atomic E-state index is 0.0528. The lowest BCUT2D eigenvalue weighted by atomic mass is 10.1.